The van der Waals surface area contributed by atoms with Gasteiger partial charge in [0.25, 0.3) is 5.91 Å². The van der Waals surface area contributed by atoms with Gasteiger partial charge >= 0.3 is 0 Å². The molecule has 1 aromatic rings. The minimum atomic E-state index is -0.556. The van der Waals surface area contributed by atoms with Crippen LogP contribution in [0.3, 0.4) is 0 Å². The van der Waals surface area contributed by atoms with Crippen LogP contribution in [0.5, 0.6) is 5.75 Å². The van der Waals surface area contributed by atoms with E-state index in [9.17, 15) is 9.18 Å². The molecule has 0 aromatic heterocycles. The number of carbonyl (C=O) groups is 1. The standard InChI is InChI=1S/C14H19FN2O4/c1-19-6-7-21-12-3-2-10(8-11(12)15)17-14(18)13-9-16-4-5-20-13/h2-3,8,13,16H,4-7,9H2,1H3,(H,17,18). The van der Waals surface area contributed by atoms with Gasteiger partial charge in [0.15, 0.2) is 11.6 Å². The highest BCUT2D eigenvalue weighted by atomic mass is 19.1. The summed E-state index contributed by atoms with van der Waals surface area (Å²) in [5, 5.41) is 5.68. The summed E-state index contributed by atoms with van der Waals surface area (Å²) in [5.41, 5.74) is 0.366. The third kappa shape index (κ3) is 4.66. The largest absolute Gasteiger partial charge is 0.488 e. The van der Waals surface area contributed by atoms with Crippen molar-refractivity contribution in [2.45, 2.75) is 6.10 Å². The number of benzene rings is 1. The fourth-order valence-electron chi connectivity index (χ4n) is 1.89. The van der Waals surface area contributed by atoms with Crippen LogP contribution < -0.4 is 15.4 Å². The summed E-state index contributed by atoms with van der Waals surface area (Å²) in [6.07, 6.45) is -0.556. The van der Waals surface area contributed by atoms with Crippen molar-refractivity contribution in [1.29, 1.82) is 0 Å². The maximum Gasteiger partial charge on any atom is 0.254 e. The zero-order chi connectivity index (χ0) is 15.1. The van der Waals surface area contributed by atoms with Crippen LogP contribution in [-0.4, -0.2) is 52.0 Å². The van der Waals surface area contributed by atoms with Crippen LogP contribution in [0.25, 0.3) is 0 Å². The van der Waals surface area contributed by atoms with E-state index in [-0.39, 0.29) is 18.3 Å². The van der Waals surface area contributed by atoms with Crippen molar-refractivity contribution >= 4 is 11.6 Å². The summed E-state index contributed by atoms with van der Waals surface area (Å²) in [5.74, 6) is -0.707. The summed E-state index contributed by atoms with van der Waals surface area (Å²) >= 11 is 0. The van der Waals surface area contributed by atoms with Crippen molar-refractivity contribution in [2.24, 2.45) is 0 Å². The van der Waals surface area contributed by atoms with Gasteiger partial charge in [0.1, 0.15) is 12.7 Å². The first-order valence-electron chi connectivity index (χ1n) is 6.75. The fourth-order valence-corrected chi connectivity index (χ4v) is 1.89. The van der Waals surface area contributed by atoms with Crippen LogP contribution in [0.2, 0.25) is 0 Å². The Morgan fingerprint density at radius 3 is 3.05 bits per heavy atom. The second kappa shape index (κ2) is 7.92. The lowest BCUT2D eigenvalue weighted by atomic mass is 10.2. The predicted molar refractivity (Wildman–Crippen MR) is 75.0 cm³/mol. The van der Waals surface area contributed by atoms with E-state index in [1.54, 1.807) is 13.2 Å². The first-order valence-corrected chi connectivity index (χ1v) is 6.75. The number of carbonyl (C=O) groups excluding carboxylic acids is 1. The van der Waals surface area contributed by atoms with Gasteiger partial charge in [-0.05, 0) is 12.1 Å². The molecule has 1 aliphatic rings. The molecule has 7 heteroatoms. The molecule has 6 nitrogen and oxygen atoms in total. The molecule has 1 fully saturated rings. The quantitative estimate of drug-likeness (QED) is 0.760. The van der Waals surface area contributed by atoms with Gasteiger partial charge in [-0.1, -0.05) is 0 Å². The van der Waals surface area contributed by atoms with Crippen LogP contribution in [0, 0.1) is 5.82 Å². The van der Waals surface area contributed by atoms with Gasteiger partial charge in [0.2, 0.25) is 0 Å². The molecule has 1 saturated heterocycles. The summed E-state index contributed by atoms with van der Waals surface area (Å²) < 4.78 is 29.2. The molecule has 1 aliphatic heterocycles. The zero-order valence-corrected chi connectivity index (χ0v) is 11.9. The van der Waals surface area contributed by atoms with Crippen molar-refractivity contribution < 1.29 is 23.4 Å². The Hall–Kier alpha value is -1.70. The molecule has 116 valence electrons. The number of methoxy groups -OCH3 is 1. The molecule has 1 atom stereocenters. The molecular weight excluding hydrogens is 279 g/mol. The van der Waals surface area contributed by atoms with Gasteiger partial charge in [0, 0.05) is 32.0 Å². The number of rotatable bonds is 6. The Balaban J connectivity index is 1.91. The van der Waals surface area contributed by atoms with Gasteiger partial charge < -0.3 is 24.8 Å². The maximum absolute atomic E-state index is 13.8. The Labute approximate surface area is 122 Å². The number of amides is 1. The Morgan fingerprint density at radius 1 is 1.52 bits per heavy atom. The number of halogens is 1. The van der Waals surface area contributed by atoms with Crippen LogP contribution in [0.15, 0.2) is 18.2 Å². The van der Waals surface area contributed by atoms with Crippen LogP contribution in [-0.2, 0) is 14.3 Å². The van der Waals surface area contributed by atoms with Gasteiger partial charge in [-0.3, -0.25) is 4.79 Å². The number of morpholine rings is 1. The van der Waals surface area contributed by atoms with Gasteiger partial charge in [-0.2, -0.15) is 0 Å². The van der Waals surface area contributed by atoms with Crippen LogP contribution >= 0.6 is 0 Å². The molecular formula is C14H19FN2O4. The number of hydrogen-bond donors (Lipinski definition) is 2. The number of nitrogens with one attached hydrogen (secondary N) is 2. The molecule has 2 N–H and O–H groups in total. The van der Waals surface area contributed by atoms with E-state index in [0.717, 1.165) is 6.54 Å². The monoisotopic (exact) mass is 298 g/mol. The maximum atomic E-state index is 13.8. The summed E-state index contributed by atoms with van der Waals surface area (Å²) in [7, 11) is 1.54. The minimum absolute atomic E-state index is 0.126. The number of hydrogen-bond acceptors (Lipinski definition) is 5. The summed E-state index contributed by atoms with van der Waals surface area (Å²) in [4.78, 5) is 11.9. The van der Waals surface area contributed by atoms with E-state index in [2.05, 4.69) is 10.6 Å². The molecule has 1 aromatic carbocycles. The second-order valence-electron chi connectivity index (χ2n) is 4.54. The van der Waals surface area contributed by atoms with Crippen molar-refractivity contribution in [2.75, 3.05) is 45.3 Å². The predicted octanol–water partition coefficient (Wildman–Crippen LogP) is 0.778. The molecule has 0 radical (unpaired) electrons. The highest BCUT2D eigenvalue weighted by molar-refractivity contribution is 5.94. The van der Waals surface area contributed by atoms with Gasteiger partial charge in [0.05, 0.1) is 13.2 Å². The molecule has 1 heterocycles. The fraction of sp³-hybridized carbons (Fsp3) is 0.500. The van der Waals surface area contributed by atoms with E-state index in [4.69, 9.17) is 14.2 Å². The highest BCUT2D eigenvalue weighted by Crippen LogP contribution is 2.21. The molecule has 0 saturated carbocycles. The van der Waals surface area contributed by atoms with E-state index in [1.165, 1.54) is 12.1 Å². The van der Waals surface area contributed by atoms with Gasteiger partial charge in [-0.15, -0.1) is 0 Å². The van der Waals surface area contributed by atoms with Crippen molar-refractivity contribution in [3.63, 3.8) is 0 Å². The lowest BCUT2D eigenvalue weighted by Crippen LogP contribution is -2.45. The highest BCUT2D eigenvalue weighted by Gasteiger charge is 2.21. The lowest BCUT2D eigenvalue weighted by molar-refractivity contribution is -0.128. The van der Waals surface area contributed by atoms with Crippen molar-refractivity contribution in [1.82, 2.24) is 5.32 Å². The minimum Gasteiger partial charge on any atom is -0.488 e. The van der Waals surface area contributed by atoms with Crippen molar-refractivity contribution in [3.05, 3.63) is 24.0 Å². The molecule has 1 amide bonds. The first-order chi connectivity index (χ1) is 10.2. The van der Waals surface area contributed by atoms with Crippen LogP contribution in [0.1, 0.15) is 0 Å². The van der Waals surface area contributed by atoms with E-state index in [1.807, 2.05) is 0 Å². The average Bonchev–Trinajstić information content (AvgIpc) is 2.50. The summed E-state index contributed by atoms with van der Waals surface area (Å²) in [6, 6.07) is 4.27. The molecule has 21 heavy (non-hydrogen) atoms. The Bertz CT molecular complexity index is 478. The molecule has 0 spiro atoms. The summed E-state index contributed by atoms with van der Waals surface area (Å²) in [6.45, 7) is 2.31. The van der Waals surface area contributed by atoms with Gasteiger partial charge in [-0.25, -0.2) is 4.39 Å². The third-order valence-corrected chi connectivity index (χ3v) is 2.96. The van der Waals surface area contributed by atoms with E-state index >= 15 is 0 Å². The normalized spacial score (nSPS) is 18.3. The second-order valence-corrected chi connectivity index (χ2v) is 4.54. The molecule has 2 rings (SSSR count). The van der Waals surface area contributed by atoms with Crippen LogP contribution in [0.4, 0.5) is 10.1 Å². The number of anilines is 1. The average molecular weight is 298 g/mol. The zero-order valence-electron chi connectivity index (χ0n) is 11.9. The lowest BCUT2D eigenvalue weighted by Gasteiger charge is -2.22. The number of ether oxygens (including phenoxy) is 3. The SMILES string of the molecule is COCCOc1ccc(NC(=O)C2CNCCO2)cc1F. The first kappa shape index (κ1) is 15.7. The topological polar surface area (TPSA) is 68.8 Å². The Kier molecular flexibility index (Phi) is 5.91. The molecule has 0 bridgehead atoms. The smallest absolute Gasteiger partial charge is 0.254 e. The van der Waals surface area contributed by atoms with E-state index < -0.39 is 11.9 Å². The Morgan fingerprint density at radius 2 is 2.38 bits per heavy atom. The third-order valence-electron chi connectivity index (χ3n) is 2.96. The van der Waals surface area contributed by atoms with Crippen molar-refractivity contribution in [3.8, 4) is 5.75 Å². The molecule has 0 aliphatic carbocycles. The van der Waals surface area contributed by atoms with E-state index in [0.29, 0.717) is 25.4 Å². The molecule has 1 unspecified atom stereocenters.